The maximum atomic E-state index is 4.90. The number of hydrogen-bond donors (Lipinski definition) is 0. The fourth-order valence-corrected chi connectivity index (χ4v) is 0.570. The van der Waals surface area contributed by atoms with Gasteiger partial charge in [0.2, 0.25) is 0 Å². The van der Waals surface area contributed by atoms with Crippen LogP contribution in [-0.4, -0.2) is 23.1 Å². The molecule has 0 aliphatic carbocycles. The third-order valence-corrected chi connectivity index (χ3v) is 1.17. The van der Waals surface area contributed by atoms with E-state index in [0.29, 0.717) is 0 Å². The van der Waals surface area contributed by atoms with Crippen molar-refractivity contribution in [2.45, 2.75) is 0 Å². The fourth-order valence-electron chi connectivity index (χ4n) is 0.334. The Morgan fingerprint density at radius 3 is 1.90 bits per heavy atom. The summed E-state index contributed by atoms with van der Waals surface area (Å²) in [4.78, 5) is 3.82. The third kappa shape index (κ3) is 7.09. The zero-order valence-corrected chi connectivity index (χ0v) is 9.61. The molecule has 0 saturated carbocycles. The zero-order valence-electron chi connectivity index (χ0n) is 5.10. The standard InChI is InChI=1S/C5H4BrN.2ClH.Mg/c6-5-1-3-7-4-2-5;;;/h1-4H;2*1H;/q;;;+2/p-2. The molecule has 1 nitrogen and oxygen atoms in total. The molecule has 0 N–H and O–H groups in total. The van der Waals surface area contributed by atoms with Crippen LogP contribution < -0.4 is 0 Å². The number of halogens is 3. The van der Waals surface area contributed by atoms with Crippen LogP contribution in [0, 0.1) is 0 Å². The minimum absolute atomic E-state index is 0.639. The Morgan fingerprint density at radius 2 is 1.70 bits per heavy atom. The quantitative estimate of drug-likeness (QED) is 0.648. The van der Waals surface area contributed by atoms with E-state index in [1.165, 1.54) is 0 Å². The second-order valence-electron chi connectivity index (χ2n) is 1.27. The van der Waals surface area contributed by atoms with E-state index in [1.807, 2.05) is 12.1 Å². The van der Waals surface area contributed by atoms with Crippen molar-refractivity contribution in [2.24, 2.45) is 0 Å². The number of pyridine rings is 1. The van der Waals surface area contributed by atoms with Gasteiger partial charge in [0.15, 0.2) is 0 Å². The van der Waals surface area contributed by atoms with Gasteiger partial charge in [-0.15, -0.1) is 0 Å². The Morgan fingerprint density at radius 1 is 1.30 bits per heavy atom. The highest BCUT2D eigenvalue weighted by Crippen LogP contribution is 2.03. The summed E-state index contributed by atoms with van der Waals surface area (Å²) in [5.74, 6) is 0. The number of rotatable bonds is 0. The first kappa shape index (κ1) is 11.0. The van der Waals surface area contributed by atoms with E-state index in [-0.39, 0.29) is 0 Å². The highest BCUT2D eigenvalue weighted by Gasteiger charge is 1.75. The van der Waals surface area contributed by atoms with Crippen LogP contribution in [0.4, 0.5) is 0 Å². The van der Waals surface area contributed by atoms with E-state index >= 15 is 0 Å². The lowest BCUT2D eigenvalue weighted by Gasteiger charge is -1.80. The average Bonchev–Trinajstić information content (AvgIpc) is 1.91. The van der Waals surface area contributed by atoms with E-state index in [2.05, 4.69) is 20.9 Å². The molecule has 0 fully saturated rings. The highest BCUT2D eigenvalue weighted by molar-refractivity contribution is 9.10. The molecule has 0 unspecified atom stereocenters. The van der Waals surface area contributed by atoms with E-state index in [1.54, 1.807) is 12.4 Å². The molecule has 1 heterocycles. The molecular weight excluding hydrogens is 249 g/mol. The van der Waals surface area contributed by atoms with Gasteiger partial charge in [-0.25, -0.2) is 0 Å². The van der Waals surface area contributed by atoms with Crippen molar-refractivity contribution in [3.63, 3.8) is 0 Å². The molecule has 0 amide bonds. The van der Waals surface area contributed by atoms with Gasteiger partial charge in [0.05, 0.1) is 0 Å². The molecule has 10 heavy (non-hydrogen) atoms. The molecule has 52 valence electrons. The van der Waals surface area contributed by atoms with Crippen LogP contribution in [0.3, 0.4) is 0 Å². The second kappa shape index (κ2) is 8.08. The van der Waals surface area contributed by atoms with Gasteiger partial charge in [0.25, 0.3) is 0 Å². The van der Waals surface area contributed by atoms with Crippen LogP contribution in [-0.2, 0) is 0 Å². The first-order chi connectivity index (χ1) is 4.81. The third-order valence-electron chi connectivity index (χ3n) is 0.640. The normalized spacial score (nSPS) is 7.10. The van der Waals surface area contributed by atoms with Crippen LogP contribution in [0.5, 0.6) is 0 Å². The summed E-state index contributed by atoms with van der Waals surface area (Å²) >= 11 is 2.63. The Bertz CT molecular complexity index is 161. The molecule has 1 rings (SSSR count). The molecule has 1 aromatic heterocycles. The van der Waals surface area contributed by atoms with Crippen molar-refractivity contribution in [1.29, 1.82) is 0 Å². The number of hydrogen-bond acceptors (Lipinski definition) is 1. The summed E-state index contributed by atoms with van der Waals surface area (Å²) in [6.45, 7) is 0. The van der Waals surface area contributed by atoms with Crippen LogP contribution in [0.1, 0.15) is 0 Å². The summed E-state index contributed by atoms with van der Waals surface area (Å²) in [5, 5.41) is 0. The monoisotopic (exact) mass is 251 g/mol. The molecule has 0 atom stereocenters. The maximum absolute atomic E-state index is 4.90. The molecule has 5 heteroatoms. The molecule has 0 aliphatic heterocycles. The van der Waals surface area contributed by atoms with Gasteiger partial charge in [-0.2, -0.15) is 0 Å². The van der Waals surface area contributed by atoms with Crippen molar-refractivity contribution in [3.05, 3.63) is 29.0 Å². The van der Waals surface area contributed by atoms with E-state index in [9.17, 15) is 0 Å². The maximum Gasteiger partial charge on any atom is 0.618 e. The van der Waals surface area contributed by atoms with Crippen LogP contribution in [0.2, 0.25) is 0 Å². The van der Waals surface area contributed by atoms with Crippen molar-refractivity contribution >= 4 is 52.2 Å². The van der Waals surface area contributed by atoms with Gasteiger partial charge in [-0.05, 0) is 12.1 Å². The Balaban J connectivity index is 0.000000236. The molecule has 0 aromatic carbocycles. The van der Waals surface area contributed by atoms with Crippen molar-refractivity contribution in [3.8, 4) is 0 Å². The van der Waals surface area contributed by atoms with E-state index < -0.39 is 18.2 Å². The molecular formula is C5H4BrCl2MgN. The molecule has 1 aromatic rings. The van der Waals surface area contributed by atoms with Gasteiger partial charge in [0.1, 0.15) is 0 Å². The predicted octanol–water partition coefficient (Wildman–Crippen LogP) is 2.84. The Labute approximate surface area is 85.5 Å². The Kier molecular flexibility index (Phi) is 8.86. The fraction of sp³-hybridized carbons (Fsp3) is 0. The smallest absolute Gasteiger partial charge is 0.309 e. The summed E-state index contributed by atoms with van der Waals surface area (Å²) in [7, 11) is 9.81. The topological polar surface area (TPSA) is 12.9 Å². The zero-order chi connectivity index (χ0) is 7.82. The van der Waals surface area contributed by atoms with Crippen molar-refractivity contribution in [1.82, 2.24) is 4.98 Å². The molecule has 0 spiro atoms. The van der Waals surface area contributed by atoms with Crippen molar-refractivity contribution in [2.75, 3.05) is 0 Å². The molecule has 0 saturated heterocycles. The largest absolute Gasteiger partial charge is 0.618 e. The SMILES string of the molecule is Brc1ccncc1.[Cl][Mg][Cl]. The van der Waals surface area contributed by atoms with Gasteiger partial charge < -0.3 is 18.1 Å². The van der Waals surface area contributed by atoms with E-state index in [4.69, 9.17) is 18.1 Å². The minimum Gasteiger partial charge on any atom is -0.309 e. The first-order valence-electron chi connectivity index (χ1n) is 2.48. The highest BCUT2D eigenvalue weighted by atomic mass is 79.9. The van der Waals surface area contributed by atoms with Crippen LogP contribution in [0.25, 0.3) is 0 Å². The Hall–Kier alpha value is 0.976. The molecule has 0 radical (unpaired) electrons. The average molecular weight is 253 g/mol. The number of aromatic nitrogens is 1. The predicted molar refractivity (Wildman–Crippen MR) is 49.4 cm³/mol. The van der Waals surface area contributed by atoms with Crippen molar-refractivity contribution < 1.29 is 0 Å². The van der Waals surface area contributed by atoms with Gasteiger partial charge in [-0.1, -0.05) is 15.9 Å². The lowest BCUT2D eigenvalue weighted by Crippen LogP contribution is -1.63. The summed E-state index contributed by atoms with van der Waals surface area (Å²) in [6, 6.07) is 3.78. The van der Waals surface area contributed by atoms with Crippen LogP contribution in [0.15, 0.2) is 29.0 Å². The summed E-state index contributed by atoms with van der Waals surface area (Å²) < 4.78 is 1.07. The molecule has 0 bridgehead atoms. The van der Waals surface area contributed by atoms with Gasteiger partial charge in [0, 0.05) is 16.9 Å². The van der Waals surface area contributed by atoms with E-state index in [0.717, 1.165) is 4.47 Å². The lowest BCUT2D eigenvalue weighted by molar-refractivity contribution is 1.32. The van der Waals surface area contributed by atoms with Gasteiger partial charge >= 0.3 is 18.2 Å². The van der Waals surface area contributed by atoms with Gasteiger partial charge in [-0.3, -0.25) is 4.98 Å². The van der Waals surface area contributed by atoms with Crippen LogP contribution >= 0.6 is 34.1 Å². The minimum atomic E-state index is -0.639. The molecule has 0 aliphatic rings. The second-order valence-corrected chi connectivity index (χ2v) is 4.81. The first-order valence-corrected chi connectivity index (χ1v) is 7.55. The lowest BCUT2D eigenvalue weighted by atomic mass is 10.5. The summed E-state index contributed by atoms with van der Waals surface area (Å²) in [5.41, 5.74) is 0. The number of nitrogens with zero attached hydrogens (tertiary/aromatic N) is 1. The summed E-state index contributed by atoms with van der Waals surface area (Å²) in [6.07, 6.45) is 3.48.